The summed E-state index contributed by atoms with van der Waals surface area (Å²) >= 11 is 9.35. The van der Waals surface area contributed by atoms with Gasteiger partial charge in [0, 0.05) is 23.1 Å². The minimum absolute atomic E-state index is 0.652. The van der Waals surface area contributed by atoms with Crippen LogP contribution in [-0.2, 0) is 6.54 Å². The minimum Gasteiger partial charge on any atom is -0.369 e. The molecule has 0 saturated heterocycles. The number of nitrogens with zero attached hydrogens (tertiary/aromatic N) is 2. The van der Waals surface area contributed by atoms with Gasteiger partial charge in [0.15, 0.2) is 0 Å². The maximum absolute atomic E-state index is 9.18. The Morgan fingerprint density at radius 2 is 2.05 bits per heavy atom. The van der Waals surface area contributed by atoms with Gasteiger partial charge in [-0.25, -0.2) is 0 Å². The normalized spacial score (nSPS) is 10.0. The summed E-state index contributed by atoms with van der Waals surface area (Å²) in [5.74, 6) is 0. The average Bonchev–Trinajstić information content (AvgIpc) is 2.38. The third-order valence-corrected chi connectivity index (χ3v) is 3.53. The van der Waals surface area contributed by atoms with E-state index in [1.54, 1.807) is 0 Å². The van der Waals surface area contributed by atoms with Crippen molar-refractivity contribution < 1.29 is 0 Å². The quantitative estimate of drug-likeness (QED) is 0.819. The van der Waals surface area contributed by atoms with Crippen molar-refractivity contribution in [2.75, 3.05) is 11.9 Å². The first-order chi connectivity index (χ1) is 9.10. The summed E-state index contributed by atoms with van der Waals surface area (Å²) in [6.07, 6.45) is 0. The third kappa shape index (κ3) is 3.50. The highest BCUT2D eigenvalue weighted by Gasteiger charge is 2.08. The summed E-state index contributed by atoms with van der Waals surface area (Å²) in [5, 5.41) is 9.91. The fourth-order valence-corrected chi connectivity index (χ4v) is 2.50. The van der Waals surface area contributed by atoms with E-state index >= 15 is 0 Å². The SMILES string of the molecule is CN(Cc1cccc(Cl)c1)c1ccc(Br)cc1C#N. The van der Waals surface area contributed by atoms with Gasteiger partial charge in [-0.1, -0.05) is 39.7 Å². The summed E-state index contributed by atoms with van der Waals surface area (Å²) in [6.45, 7) is 0.705. The van der Waals surface area contributed by atoms with E-state index in [0.29, 0.717) is 12.1 Å². The zero-order valence-electron chi connectivity index (χ0n) is 10.4. The minimum atomic E-state index is 0.652. The monoisotopic (exact) mass is 334 g/mol. The highest BCUT2D eigenvalue weighted by atomic mass is 79.9. The maximum atomic E-state index is 9.18. The molecule has 4 heteroatoms. The number of nitriles is 1. The fraction of sp³-hybridized carbons (Fsp3) is 0.133. The molecule has 96 valence electrons. The van der Waals surface area contributed by atoms with Crippen molar-refractivity contribution in [3.8, 4) is 6.07 Å². The molecule has 0 N–H and O–H groups in total. The largest absolute Gasteiger partial charge is 0.369 e. The van der Waals surface area contributed by atoms with Crippen LogP contribution >= 0.6 is 27.5 Å². The zero-order chi connectivity index (χ0) is 13.8. The first-order valence-electron chi connectivity index (χ1n) is 5.75. The van der Waals surface area contributed by atoms with Crippen LogP contribution < -0.4 is 4.90 Å². The van der Waals surface area contributed by atoms with Crippen LogP contribution in [-0.4, -0.2) is 7.05 Å². The first-order valence-corrected chi connectivity index (χ1v) is 6.92. The highest BCUT2D eigenvalue weighted by molar-refractivity contribution is 9.10. The summed E-state index contributed by atoms with van der Waals surface area (Å²) in [5.41, 5.74) is 2.67. The lowest BCUT2D eigenvalue weighted by molar-refractivity contribution is 0.920. The van der Waals surface area contributed by atoms with E-state index < -0.39 is 0 Å². The van der Waals surface area contributed by atoms with Crippen molar-refractivity contribution in [3.05, 3.63) is 63.1 Å². The molecule has 0 atom stereocenters. The molecule has 0 amide bonds. The van der Waals surface area contributed by atoms with Gasteiger partial charge >= 0.3 is 0 Å². The molecule has 0 spiro atoms. The smallest absolute Gasteiger partial charge is 0.101 e. The number of benzene rings is 2. The van der Waals surface area contributed by atoms with Crippen LogP contribution in [0.5, 0.6) is 0 Å². The Morgan fingerprint density at radius 3 is 2.74 bits per heavy atom. The number of hydrogen-bond donors (Lipinski definition) is 0. The molecule has 19 heavy (non-hydrogen) atoms. The predicted octanol–water partition coefficient (Wildman–Crippen LogP) is 4.61. The molecule has 2 rings (SSSR count). The Hall–Kier alpha value is -1.50. The molecular weight excluding hydrogens is 324 g/mol. The summed E-state index contributed by atoms with van der Waals surface area (Å²) in [7, 11) is 1.96. The molecule has 0 aromatic heterocycles. The Morgan fingerprint density at radius 1 is 1.26 bits per heavy atom. The Labute approximate surface area is 126 Å². The predicted molar refractivity (Wildman–Crippen MR) is 82.4 cm³/mol. The van der Waals surface area contributed by atoms with E-state index in [1.807, 2.05) is 54.4 Å². The van der Waals surface area contributed by atoms with Gasteiger partial charge in [0.05, 0.1) is 11.3 Å². The van der Waals surface area contributed by atoms with Crippen molar-refractivity contribution in [1.29, 1.82) is 5.26 Å². The lowest BCUT2D eigenvalue weighted by Gasteiger charge is -2.21. The van der Waals surface area contributed by atoms with Gasteiger partial charge in [-0.3, -0.25) is 0 Å². The van der Waals surface area contributed by atoms with E-state index in [2.05, 4.69) is 22.0 Å². The van der Waals surface area contributed by atoms with Crippen LogP contribution in [0.15, 0.2) is 46.9 Å². The van der Waals surface area contributed by atoms with Crippen molar-refractivity contribution in [3.63, 3.8) is 0 Å². The summed E-state index contributed by atoms with van der Waals surface area (Å²) < 4.78 is 0.906. The third-order valence-electron chi connectivity index (χ3n) is 2.80. The molecule has 0 saturated carbocycles. The maximum Gasteiger partial charge on any atom is 0.101 e. The first kappa shape index (κ1) is 13.9. The van der Waals surface area contributed by atoms with E-state index in [-0.39, 0.29) is 0 Å². The van der Waals surface area contributed by atoms with Crippen molar-refractivity contribution in [2.24, 2.45) is 0 Å². The van der Waals surface area contributed by atoms with Crippen molar-refractivity contribution in [2.45, 2.75) is 6.54 Å². The van der Waals surface area contributed by atoms with E-state index in [1.165, 1.54) is 0 Å². The number of hydrogen-bond acceptors (Lipinski definition) is 2. The summed E-state index contributed by atoms with van der Waals surface area (Å²) in [4.78, 5) is 2.04. The molecule has 0 radical (unpaired) electrons. The van der Waals surface area contributed by atoms with Gasteiger partial charge in [0.25, 0.3) is 0 Å². The van der Waals surface area contributed by atoms with Gasteiger partial charge in [-0.2, -0.15) is 5.26 Å². The van der Waals surface area contributed by atoms with E-state index in [4.69, 9.17) is 11.6 Å². The lowest BCUT2D eigenvalue weighted by atomic mass is 10.1. The summed E-state index contributed by atoms with van der Waals surface area (Å²) in [6, 6.07) is 15.6. The van der Waals surface area contributed by atoms with Crippen LogP contribution in [0.25, 0.3) is 0 Å². The molecule has 0 fully saturated rings. The van der Waals surface area contributed by atoms with E-state index in [0.717, 1.165) is 20.7 Å². The lowest BCUT2D eigenvalue weighted by Crippen LogP contribution is -2.17. The van der Waals surface area contributed by atoms with Crippen LogP contribution in [0.4, 0.5) is 5.69 Å². The molecule has 2 aromatic rings. The van der Waals surface area contributed by atoms with Gasteiger partial charge in [0.1, 0.15) is 6.07 Å². The fourth-order valence-electron chi connectivity index (χ4n) is 1.93. The van der Waals surface area contributed by atoms with Gasteiger partial charge < -0.3 is 4.90 Å². The molecule has 0 aliphatic heterocycles. The second-order valence-corrected chi connectivity index (χ2v) is 5.61. The number of anilines is 1. The van der Waals surface area contributed by atoms with E-state index in [9.17, 15) is 5.26 Å². The standard InChI is InChI=1S/C15H12BrClN2/c1-19(10-11-3-2-4-14(17)7-11)15-6-5-13(16)8-12(15)9-18/h2-8H,10H2,1H3. The molecule has 2 aromatic carbocycles. The topological polar surface area (TPSA) is 27.0 Å². The second-order valence-electron chi connectivity index (χ2n) is 4.26. The Kier molecular flexibility index (Phi) is 4.47. The molecule has 0 aliphatic carbocycles. The van der Waals surface area contributed by atoms with Crippen LogP contribution in [0.1, 0.15) is 11.1 Å². The van der Waals surface area contributed by atoms with Crippen LogP contribution in [0.2, 0.25) is 5.02 Å². The average molecular weight is 336 g/mol. The molecule has 0 bridgehead atoms. The van der Waals surface area contributed by atoms with Crippen LogP contribution in [0, 0.1) is 11.3 Å². The molecule has 2 nitrogen and oxygen atoms in total. The number of halogens is 2. The Balaban J connectivity index is 2.25. The molecule has 0 aliphatic rings. The molecular formula is C15H12BrClN2. The Bertz CT molecular complexity index is 634. The second kappa shape index (κ2) is 6.10. The number of rotatable bonds is 3. The van der Waals surface area contributed by atoms with Gasteiger partial charge in [0.2, 0.25) is 0 Å². The highest BCUT2D eigenvalue weighted by Crippen LogP contribution is 2.24. The van der Waals surface area contributed by atoms with Crippen molar-refractivity contribution >= 4 is 33.2 Å². The zero-order valence-corrected chi connectivity index (χ0v) is 12.7. The van der Waals surface area contributed by atoms with Crippen molar-refractivity contribution in [1.82, 2.24) is 0 Å². The van der Waals surface area contributed by atoms with Gasteiger partial charge in [-0.15, -0.1) is 0 Å². The van der Waals surface area contributed by atoms with Gasteiger partial charge in [-0.05, 0) is 35.9 Å². The molecule has 0 unspecified atom stereocenters. The molecule has 0 heterocycles. The van der Waals surface area contributed by atoms with Crippen LogP contribution in [0.3, 0.4) is 0 Å².